The average molecular weight is 513 g/mol. The van der Waals surface area contributed by atoms with Crippen LogP contribution >= 0.6 is 11.3 Å². The van der Waals surface area contributed by atoms with Crippen molar-refractivity contribution in [3.63, 3.8) is 0 Å². The standard InChI is InChI=1S/C29H32N6OS/c1-20-27(21(2)34-18-33-20)29(36)32-15-22-6-3-7-23(14-22)17-35(13-11-25-16-30-19-37-25)26-10-4-8-24-9-5-12-31-28(24)26/h3,5-7,9,12,14,16,18-19,26H,4,8,10-11,13,15,17H2,1-2H3,(H,32,36). The number of pyridine rings is 1. The molecule has 7 nitrogen and oxygen atoms in total. The van der Waals surface area contributed by atoms with Gasteiger partial charge in [0.05, 0.1) is 34.2 Å². The molecule has 1 aromatic carbocycles. The van der Waals surface area contributed by atoms with Gasteiger partial charge in [-0.15, -0.1) is 11.3 Å². The second-order valence-corrected chi connectivity index (χ2v) is 10.5. The Labute approximate surface area is 222 Å². The average Bonchev–Trinajstić information content (AvgIpc) is 3.43. The molecule has 1 atom stereocenters. The van der Waals surface area contributed by atoms with Crippen molar-refractivity contribution >= 4 is 17.2 Å². The van der Waals surface area contributed by atoms with Crippen molar-refractivity contribution in [3.8, 4) is 0 Å². The quantitative estimate of drug-likeness (QED) is 0.340. The predicted molar refractivity (Wildman–Crippen MR) is 145 cm³/mol. The van der Waals surface area contributed by atoms with Gasteiger partial charge in [0.25, 0.3) is 5.91 Å². The summed E-state index contributed by atoms with van der Waals surface area (Å²) in [7, 11) is 0. The maximum Gasteiger partial charge on any atom is 0.255 e. The fourth-order valence-corrected chi connectivity index (χ4v) is 5.76. The third-order valence-electron chi connectivity index (χ3n) is 7.02. The number of nitrogens with one attached hydrogen (secondary N) is 1. The van der Waals surface area contributed by atoms with Crippen LogP contribution in [0.2, 0.25) is 0 Å². The van der Waals surface area contributed by atoms with Crippen LogP contribution in [0.3, 0.4) is 0 Å². The van der Waals surface area contributed by atoms with Crippen LogP contribution in [0.1, 0.15) is 67.9 Å². The van der Waals surface area contributed by atoms with Gasteiger partial charge in [-0.25, -0.2) is 9.97 Å². The molecule has 1 N–H and O–H groups in total. The van der Waals surface area contributed by atoms with Crippen LogP contribution in [0.4, 0.5) is 0 Å². The summed E-state index contributed by atoms with van der Waals surface area (Å²) in [6.07, 6.45) is 9.74. The molecule has 8 heteroatoms. The largest absolute Gasteiger partial charge is 0.348 e. The lowest BCUT2D eigenvalue weighted by Gasteiger charge is -2.35. The number of nitrogens with zero attached hydrogens (tertiary/aromatic N) is 5. The Bertz CT molecular complexity index is 1340. The number of hydrogen-bond acceptors (Lipinski definition) is 7. The second kappa shape index (κ2) is 11.7. The molecule has 37 heavy (non-hydrogen) atoms. The van der Waals surface area contributed by atoms with Gasteiger partial charge in [-0.3, -0.25) is 19.7 Å². The monoisotopic (exact) mass is 512 g/mol. The van der Waals surface area contributed by atoms with Gasteiger partial charge in [-0.1, -0.05) is 30.3 Å². The number of benzene rings is 1. The Balaban J connectivity index is 1.32. The third kappa shape index (κ3) is 6.09. The molecule has 3 heterocycles. The maximum atomic E-state index is 12.8. The van der Waals surface area contributed by atoms with Crippen LogP contribution in [0, 0.1) is 13.8 Å². The van der Waals surface area contributed by atoms with Crippen LogP contribution < -0.4 is 5.32 Å². The fraction of sp³-hybridized carbons (Fsp3) is 0.345. The van der Waals surface area contributed by atoms with Gasteiger partial charge in [-0.05, 0) is 62.3 Å². The molecular weight excluding hydrogens is 480 g/mol. The number of amides is 1. The summed E-state index contributed by atoms with van der Waals surface area (Å²) in [5.41, 5.74) is 8.73. The summed E-state index contributed by atoms with van der Waals surface area (Å²) in [5.74, 6) is -0.142. The van der Waals surface area contributed by atoms with Gasteiger partial charge in [0.1, 0.15) is 6.33 Å². The van der Waals surface area contributed by atoms with Gasteiger partial charge < -0.3 is 5.32 Å². The van der Waals surface area contributed by atoms with Gasteiger partial charge >= 0.3 is 0 Å². The van der Waals surface area contributed by atoms with E-state index in [2.05, 4.69) is 55.5 Å². The lowest BCUT2D eigenvalue weighted by atomic mass is 9.90. The van der Waals surface area contributed by atoms with Gasteiger partial charge in [0.2, 0.25) is 0 Å². The molecule has 190 valence electrons. The summed E-state index contributed by atoms with van der Waals surface area (Å²) >= 11 is 1.71. The van der Waals surface area contributed by atoms with E-state index in [9.17, 15) is 4.79 Å². The topological polar surface area (TPSA) is 83.9 Å². The number of thiazole rings is 1. The summed E-state index contributed by atoms with van der Waals surface area (Å²) in [6, 6.07) is 13.1. The molecule has 0 spiro atoms. The van der Waals surface area contributed by atoms with E-state index < -0.39 is 0 Å². The van der Waals surface area contributed by atoms with Gasteiger partial charge in [0, 0.05) is 36.9 Å². The third-order valence-corrected chi connectivity index (χ3v) is 7.86. The zero-order valence-corrected chi connectivity index (χ0v) is 22.2. The number of fused-ring (bicyclic) bond motifs is 1. The highest BCUT2D eigenvalue weighted by Gasteiger charge is 2.27. The first-order chi connectivity index (χ1) is 18.1. The van der Waals surface area contributed by atoms with E-state index in [1.165, 1.54) is 34.4 Å². The lowest BCUT2D eigenvalue weighted by molar-refractivity contribution is 0.0948. The summed E-state index contributed by atoms with van der Waals surface area (Å²) in [6.45, 7) is 5.89. The van der Waals surface area contributed by atoms with E-state index in [0.29, 0.717) is 29.5 Å². The van der Waals surface area contributed by atoms with Crippen molar-refractivity contribution in [1.29, 1.82) is 0 Å². The van der Waals surface area contributed by atoms with E-state index in [1.807, 2.05) is 37.8 Å². The smallest absolute Gasteiger partial charge is 0.255 e. The normalized spacial score (nSPS) is 14.9. The molecule has 1 aliphatic carbocycles. The molecule has 4 aromatic rings. The van der Waals surface area contributed by atoms with Crippen molar-refractivity contribution in [2.75, 3.05) is 6.54 Å². The van der Waals surface area contributed by atoms with E-state index in [1.54, 1.807) is 11.3 Å². The Hall–Kier alpha value is -3.49. The molecule has 0 saturated carbocycles. The number of aromatic nitrogens is 4. The zero-order valence-electron chi connectivity index (χ0n) is 21.4. The highest BCUT2D eigenvalue weighted by molar-refractivity contribution is 7.09. The highest BCUT2D eigenvalue weighted by atomic mass is 32.1. The predicted octanol–water partition coefficient (Wildman–Crippen LogP) is 5.00. The maximum absolute atomic E-state index is 12.8. The number of carbonyl (C=O) groups excluding carboxylic acids is 1. The van der Waals surface area contributed by atoms with Crippen LogP contribution in [0.15, 0.2) is 60.6 Å². The first-order valence-corrected chi connectivity index (χ1v) is 13.7. The Morgan fingerprint density at radius 1 is 1.11 bits per heavy atom. The van der Waals surface area contributed by atoms with Crippen LogP contribution in [0.25, 0.3) is 0 Å². The summed E-state index contributed by atoms with van der Waals surface area (Å²) < 4.78 is 0. The van der Waals surface area contributed by atoms with E-state index in [4.69, 9.17) is 4.98 Å². The van der Waals surface area contributed by atoms with Crippen LogP contribution in [0.5, 0.6) is 0 Å². The molecule has 0 fully saturated rings. The van der Waals surface area contributed by atoms with Gasteiger partial charge in [0.15, 0.2) is 0 Å². The molecule has 0 aliphatic heterocycles. The fourth-order valence-electron chi connectivity index (χ4n) is 5.17. The molecule has 0 bridgehead atoms. The van der Waals surface area contributed by atoms with Crippen molar-refractivity contribution in [1.82, 2.24) is 30.2 Å². The molecule has 1 amide bonds. The van der Waals surface area contributed by atoms with Crippen molar-refractivity contribution in [2.24, 2.45) is 0 Å². The molecule has 1 aliphatic rings. The van der Waals surface area contributed by atoms with E-state index in [-0.39, 0.29) is 5.91 Å². The van der Waals surface area contributed by atoms with Crippen molar-refractivity contribution in [3.05, 3.63) is 105 Å². The van der Waals surface area contributed by atoms with Crippen molar-refractivity contribution in [2.45, 2.75) is 58.7 Å². The molecular formula is C29H32N6OS. The minimum atomic E-state index is -0.142. The first kappa shape index (κ1) is 25.2. The molecule has 0 saturated heterocycles. The van der Waals surface area contributed by atoms with Crippen LogP contribution in [-0.4, -0.2) is 37.3 Å². The first-order valence-electron chi connectivity index (χ1n) is 12.8. The summed E-state index contributed by atoms with van der Waals surface area (Å²) in [4.78, 5) is 34.1. The Morgan fingerprint density at radius 3 is 2.76 bits per heavy atom. The van der Waals surface area contributed by atoms with Gasteiger partial charge in [-0.2, -0.15) is 0 Å². The van der Waals surface area contributed by atoms with E-state index in [0.717, 1.165) is 37.9 Å². The number of rotatable bonds is 9. The molecule has 1 unspecified atom stereocenters. The lowest BCUT2D eigenvalue weighted by Crippen LogP contribution is -2.33. The van der Waals surface area contributed by atoms with E-state index >= 15 is 0 Å². The molecule has 5 rings (SSSR count). The number of carbonyl (C=O) groups is 1. The molecule has 0 radical (unpaired) electrons. The van der Waals surface area contributed by atoms with Crippen LogP contribution in [-0.2, 0) is 25.9 Å². The van der Waals surface area contributed by atoms with Crippen molar-refractivity contribution < 1.29 is 4.79 Å². The molecule has 3 aromatic heterocycles. The Kier molecular flexibility index (Phi) is 7.96. The summed E-state index contributed by atoms with van der Waals surface area (Å²) in [5, 5.41) is 3.05. The number of hydrogen-bond donors (Lipinski definition) is 1. The minimum Gasteiger partial charge on any atom is -0.348 e. The SMILES string of the molecule is Cc1ncnc(C)c1C(=O)NCc1cccc(CN(CCc2cncs2)C2CCCc3cccnc32)c1. The minimum absolute atomic E-state index is 0.142. The number of aryl methyl sites for hydroxylation is 3. The zero-order chi connectivity index (χ0) is 25.6. The second-order valence-electron chi connectivity index (χ2n) is 9.57. The highest BCUT2D eigenvalue weighted by Crippen LogP contribution is 2.34. The Morgan fingerprint density at radius 2 is 1.95 bits per heavy atom.